The van der Waals surface area contributed by atoms with Crippen molar-refractivity contribution in [3.8, 4) is 0 Å². The van der Waals surface area contributed by atoms with Crippen LogP contribution in [-0.2, 0) is 48.1 Å². The van der Waals surface area contributed by atoms with Gasteiger partial charge in [-0.2, -0.15) is 0 Å². The second-order valence-electron chi connectivity index (χ2n) is 19.7. The molecule has 1 N–H and O–H groups in total. The third kappa shape index (κ3) is 14.2. The second-order valence-corrected chi connectivity index (χ2v) is 21.1. The minimum absolute atomic E-state index is 0.135. The first kappa shape index (κ1) is 43.0. The molecule has 0 radical (unpaired) electrons. The van der Waals surface area contributed by atoms with Crippen LogP contribution in [0.15, 0.2) is 36.4 Å². The molecule has 1 aliphatic rings. The van der Waals surface area contributed by atoms with Crippen LogP contribution in [0.4, 0.5) is 0 Å². The van der Waals surface area contributed by atoms with E-state index in [2.05, 4.69) is 119 Å². The topological polar surface area (TPSA) is 55.8 Å². The summed E-state index contributed by atoms with van der Waals surface area (Å²) in [6.45, 7) is 28.4. The van der Waals surface area contributed by atoms with Crippen molar-refractivity contribution >= 4 is 7.82 Å². The van der Waals surface area contributed by atoms with E-state index >= 15 is 0 Å². The molecule has 1 fully saturated rings. The van der Waals surface area contributed by atoms with Gasteiger partial charge in [-0.25, -0.2) is 4.57 Å². The number of benzene rings is 2. The number of rotatable bonds is 14. The lowest BCUT2D eigenvalue weighted by atomic mass is 9.77. The molecule has 0 saturated carbocycles. The summed E-state index contributed by atoms with van der Waals surface area (Å²) < 4.78 is 23.2. The summed E-state index contributed by atoms with van der Waals surface area (Å²) in [6.07, 6.45) is 14.8. The Morgan fingerprint density at radius 2 is 0.920 bits per heavy atom. The standard InChI is InChI=1S/C45H75O4P/c1-42(2,3)38-27-25-36(40(30-38)44(7,8)9)23-19-15-13-17-21-34-29-35(33-49-50(46,47)48-32-34)22-18-14-16-20-24-37-26-28-39(43(4,5)6)31-41(37)45(10,11)12/h25-28,30-31,34-35H,13-24,29,32-33H2,1-12H3,(H,46,47). The van der Waals surface area contributed by atoms with Crippen LogP contribution in [0.25, 0.3) is 0 Å². The largest absolute Gasteiger partial charge is 0.472 e. The second kappa shape index (κ2) is 18.1. The molecule has 0 aromatic heterocycles. The summed E-state index contributed by atoms with van der Waals surface area (Å²) in [6, 6.07) is 14.3. The number of phosphoric ester groups is 1. The van der Waals surface area contributed by atoms with E-state index in [1.165, 1.54) is 71.9 Å². The fourth-order valence-electron chi connectivity index (χ4n) is 7.57. The lowest BCUT2D eigenvalue weighted by Gasteiger charge is -2.28. The summed E-state index contributed by atoms with van der Waals surface area (Å²) in [5.41, 5.74) is 9.36. The van der Waals surface area contributed by atoms with Gasteiger partial charge in [-0.1, -0.05) is 158 Å². The van der Waals surface area contributed by atoms with Crippen molar-refractivity contribution in [2.45, 2.75) is 188 Å². The molecule has 284 valence electrons. The summed E-state index contributed by atoms with van der Waals surface area (Å²) in [5, 5.41) is 0. The lowest BCUT2D eigenvalue weighted by molar-refractivity contribution is 0.0725. The number of hydrogen-bond acceptors (Lipinski definition) is 3. The first-order valence-electron chi connectivity index (χ1n) is 20.0. The van der Waals surface area contributed by atoms with Gasteiger partial charge in [0.05, 0.1) is 13.2 Å². The molecule has 0 aliphatic carbocycles. The van der Waals surface area contributed by atoms with E-state index in [-0.39, 0.29) is 21.7 Å². The average molecular weight is 711 g/mol. The lowest BCUT2D eigenvalue weighted by Crippen LogP contribution is -2.21. The van der Waals surface area contributed by atoms with Crippen LogP contribution < -0.4 is 0 Å². The molecule has 1 saturated heterocycles. The smallest absolute Gasteiger partial charge is 0.302 e. The van der Waals surface area contributed by atoms with Gasteiger partial charge in [0.15, 0.2) is 0 Å². The van der Waals surface area contributed by atoms with E-state index in [1.54, 1.807) is 0 Å². The summed E-state index contributed by atoms with van der Waals surface area (Å²) >= 11 is 0. The normalized spacial score (nSPS) is 21.2. The fraction of sp³-hybridized carbons (Fsp3) is 0.733. The molecule has 2 atom stereocenters. The molecule has 5 heteroatoms. The van der Waals surface area contributed by atoms with E-state index in [4.69, 9.17) is 9.05 Å². The van der Waals surface area contributed by atoms with Crippen LogP contribution in [-0.4, -0.2) is 18.1 Å². The van der Waals surface area contributed by atoms with Gasteiger partial charge in [-0.3, -0.25) is 9.05 Å². The van der Waals surface area contributed by atoms with Gasteiger partial charge >= 0.3 is 7.82 Å². The molecular weight excluding hydrogens is 635 g/mol. The van der Waals surface area contributed by atoms with Gasteiger partial charge in [-0.15, -0.1) is 0 Å². The van der Waals surface area contributed by atoms with Gasteiger partial charge in [0.2, 0.25) is 0 Å². The van der Waals surface area contributed by atoms with E-state index in [1.807, 2.05) is 0 Å². The van der Waals surface area contributed by atoms with Crippen molar-refractivity contribution in [1.82, 2.24) is 0 Å². The molecule has 0 spiro atoms. The zero-order valence-corrected chi connectivity index (χ0v) is 35.2. The molecule has 0 bridgehead atoms. The maximum absolute atomic E-state index is 12.5. The van der Waals surface area contributed by atoms with Crippen LogP contribution in [0.5, 0.6) is 0 Å². The van der Waals surface area contributed by atoms with Gasteiger partial charge in [0.1, 0.15) is 0 Å². The SMILES string of the molecule is CC(C)(C)c1ccc(CCCCCCC2COP(=O)(O)OCC(CCCCCCc3ccc(C(C)(C)C)cc3C(C)(C)C)C2)c(C(C)(C)C)c1. The Balaban J connectivity index is 1.44. The van der Waals surface area contributed by atoms with Crippen molar-refractivity contribution in [1.29, 1.82) is 0 Å². The first-order chi connectivity index (χ1) is 23.1. The predicted molar refractivity (Wildman–Crippen MR) is 215 cm³/mol. The first-order valence-corrected chi connectivity index (χ1v) is 21.5. The maximum atomic E-state index is 12.5. The quantitative estimate of drug-likeness (QED) is 0.157. The van der Waals surface area contributed by atoms with Crippen molar-refractivity contribution in [2.24, 2.45) is 11.8 Å². The Labute approximate surface area is 308 Å². The maximum Gasteiger partial charge on any atom is 0.472 e. The molecule has 2 unspecified atom stereocenters. The average Bonchev–Trinajstić information content (AvgIpc) is 2.99. The summed E-state index contributed by atoms with van der Waals surface area (Å²) in [4.78, 5) is 10.2. The van der Waals surface area contributed by atoms with Crippen LogP contribution in [0.1, 0.15) is 187 Å². The van der Waals surface area contributed by atoms with E-state index in [0.29, 0.717) is 25.0 Å². The molecule has 50 heavy (non-hydrogen) atoms. The van der Waals surface area contributed by atoms with E-state index < -0.39 is 7.82 Å². The number of aryl methyl sites for hydroxylation is 2. The van der Waals surface area contributed by atoms with Gasteiger partial charge in [0.25, 0.3) is 0 Å². The van der Waals surface area contributed by atoms with Crippen molar-refractivity contribution in [3.63, 3.8) is 0 Å². The monoisotopic (exact) mass is 711 g/mol. The summed E-state index contributed by atoms with van der Waals surface area (Å²) in [7, 11) is -3.97. The molecule has 1 aliphatic heterocycles. The Kier molecular flexibility index (Phi) is 15.5. The Hall–Kier alpha value is -1.45. The Bertz CT molecular complexity index is 1280. The predicted octanol–water partition coefficient (Wildman–Crippen LogP) is 13.3. The minimum Gasteiger partial charge on any atom is -0.302 e. The van der Waals surface area contributed by atoms with Crippen LogP contribution >= 0.6 is 7.82 Å². The van der Waals surface area contributed by atoms with Crippen LogP contribution in [0, 0.1) is 11.8 Å². The van der Waals surface area contributed by atoms with Crippen LogP contribution in [0.3, 0.4) is 0 Å². The zero-order valence-electron chi connectivity index (χ0n) is 34.3. The fourth-order valence-corrected chi connectivity index (χ4v) is 8.44. The third-order valence-corrected chi connectivity index (χ3v) is 11.7. The molecular formula is C45H75O4P. The molecule has 4 nitrogen and oxygen atoms in total. The highest BCUT2D eigenvalue weighted by Crippen LogP contribution is 2.47. The van der Waals surface area contributed by atoms with Crippen molar-refractivity contribution in [3.05, 3.63) is 69.8 Å². The number of unbranched alkanes of at least 4 members (excludes halogenated alkanes) is 6. The zero-order chi connectivity index (χ0) is 37.4. The highest BCUT2D eigenvalue weighted by molar-refractivity contribution is 7.47. The minimum atomic E-state index is -3.97. The van der Waals surface area contributed by atoms with Gasteiger partial charge in [-0.05, 0) is 112 Å². The Morgan fingerprint density at radius 3 is 1.26 bits per heavy atom. The van der Waals surface area contributed by atoms with Gasteiger partial charge < -0.3 is 4.89 Å². The highest BCUT2D eigenvalue weighted by Gasteiger charge is 2.30. The number of phosphoric acid groups is 1. The summed E-state index contributed by atoms with van der Waals surface area (Å²) in [5.74, 6) is 0.627. The highest BCUT2D eigenvalue weighted by atomic mass is 31.2. The molecule has 1 heterocycles. The molecule has 2 aromatic rings. The van der Waals surface area contributed by atoms with E-state index in [0.717, 1.165) is 44.9 Å². The molecule has 3 rings (SSSR count). The Morgan fingerprint density at radius 1 is 0.560 bits per heavy atom. The third-order valence-electron chi connectivity index (χ3n) is 10.8. The van der Waals surface area contributed by atoms with Crippen molar-refractivity contribution < 1.29 is 18.5 Å². The number of hydrogen-bond donors (Lipinski definition) is 1. The van der Waals surface area contributed by atoms with Gasteiger partial charge in [0, 0.05) is 0 Å². The van der Waals surface area contributed by atoms with E-state index in [9.17, 15) is 9.46 Å². The molecule has 2 aromatic carbocycles. The van der Waals surface area contributed by atoms with Crippen molar-refractivity contribution in [2.75, 3.05) is 13.2 Å². The molecule has 0 amide bonds. The van der Waals surface area contributed by atoms with Crippen LogP contribution in [0.2, 0.25) is 0 Å².